The van der Waals surface area contributed by atoms with Crippen molar-refractivity contribution in [3.8, 4) is 5.75 Å². The molecule has 1 aromatic carbocycles. The number of amides is 2. The van der Waals surface area contributed by atoms with Crippen molar-refractivity contribution < 1.29 is 23.3 Å². The minimum Gasteiger partial charge on any atom is -0.410 e. The number of piperidine rings is 2. The highest BCUT2D eigenvalue weighted by Crippen LogP contribution is 2.40. The summed E-state index contributed by atoms with van der Waals surface area (Å²) in [6.45, 7) is 8.46. The van der Waals surface area contributed by atoms with Crippen molar-refractivity contribution in [2.45, 2.75) is 51.0 Å². The lowest BCUT2D eigenvalue weighted by atomic mass is 10.0. The number of hydrogen-bond donors (Lipinski definition) is 0. The van der Waals surface area contributed by atoms with E-state index in [1.54, 1.807) is 18.2 Å². The van der Waals surface area contributed by atoms with E-state index < -0.39 is 25.0 Å². The third kappa shape index (κ3) is 7.35. The van der Waals surface area contributed by atoms with Gasteiger partial charge in [-0.3, -0.25) is 9.80 Å². The van der Waals surface area contributed by atoms with Gasteiger partial charge in [0.15, 0.2) is 5.17 Å². The summed E-state index contributed by atoms with van der Waals surface area (Å²) in [6, 6.07) is 4.45. The maximum Gasteiger partial charge on any atom is 0.415 e. The van der Waals surface area contributed by atoms with E-state index in [-0.39, 0.29) is 5.75 Å². The molecule has 0 spiro atoms. The standard InChI is InChI=1S/C28H39FN5O4PS/c1-39(2,37)20-33-14-6-7-15-34(33)27-30-26(35)25(40-27)19-21-18-22(29)8-9-24(21)38-28(36)32-16-10-23(11-17-32)31-12-4-3-5-13-31/h8-9,18-19,23H,3-7,10-17,20H2,1-2H3/b25-19-. The molecule has 0 aliphatic carbocycles. The van der Waals surface area contributed by atoms with E-state index >= 15 is 0 Å². The van der Waals surface area contributed by atoms with Crippen LogP contribution in [0.3, 0.4) is 0 Å². The van der Waals surface area contributed by atoms with Crippen LogP contribution in [-0.2, 0) is 9.36 Å². The molecule has 2 amide bonds. The Morgan fingerprint density at radius 2 is 1.77 bits per heavy atom. The van der Waals surface area contributed by atoms with E-state index in [4.69, 9.17) is 4.74 Å². The number of aliphatic imine (C=N–C) groups is 1. The molecular formula is C28H39FN5O4PS. The lowest BCUT2D eigenvalue weighted by Gasteiger charge is -2.40. The number of nitrogens with zero attached hydrogens (tertiary/aromatic N) is 5. The number of carbonyl (C=O) groups is 2. The molecule has 0 bridgehead atoms. The monoisotopic (exact) mass is 591 g/mol. The predicted octanol–water partition coefficient (Wildman–Crippen LogP) is 5.14. The zero-order valence-electron chi connectivity index (χ0n) is 23.4. The van der Waals surface area contributed by atoms with Crippen molar-refractivity contribution in [1.29, 1.82) is 0 Å². The van der Waals surface area contributed by atoms with Gasteiger partial charge >= 0.3 is 6.09 Å². The Morgan fingerprint density at radius 3 is 2.50 bits per heavy atom. The fourth-order valence-electron chi connectivity index (χ4n) is 5.81. The lowest BCUT2D eigenvalue weighted by Crippen LogP contribution is -2.49. The first-order chi connectivity index (χ1) is 19.2. The van der Waals surface area contributed by atoms with Gasteiger partial charge in [-0.2, -0.15) is 4.99 Å². The summed E-state index contributed by atoms with van der Waals surface area (Å²) in [7, 11) is -2.32. The molecule has 0 radical (unpaired) electrons. The molecule has 0 aromatic heterocycles. The first kappa shape index (κ1) is 29.3. The molecule has 4 aliphatic heterocycles. The van der Waals surface area contributed by atoms with Crippen LogP contribution in [0.5, 0.6) is 5.75 Å². The Hall–Kier alpha value is -2.20. The van der Waals surface area contributed by atoms with Gasteiger partial charge in [-0.25, -0.2) is 14.2 Å². The van der Waals surface area contributed by atoms with Crippen molar-refractivity contribution in [2.75, 3.05) is 58.9 Å². The number of carbonyl (C=O) groups excluding carboxylic acids is 2. The van der Waals surface area contributed by atoms with Gasteiger partial charge in [0.2, 0.25) is 0 Å². The van der Waals surface area contributed by atoms with E-state index in [2.05, 4.69) is 9.89 Å². The van der Waals surface area contributed by atoms with Gasteiger partial charge in [0.1, 0.15) is 11.6 Å². The largest absolute Gasteiger partial charge is 0.415 e. The molecule has 0 saturated carbocycles. The van der Waals surface area contributed by atoms with Gasteiger partial charge in [0.25, 0.3) is 5.91 Å². The molecule has 4 aliphatic rings. The average Bonchev–Trinajstić information content (AvgIpc) is 3.29. The number of benzene rings is 1. The Morgan fingerprint density at radius 1 is 1.07 bits per heavy atom. The van der Waals surface area contributed by atoms with Crippen LogP contribution in [-0.4, -0.2) is 102 Å². The first-order valence-corrected chi connectivity index (χ1v) is 17.9. The number of hydrazine groups is 1. The summed E-state index contributed by atoms with van der Waals surface area (Å²) < 4.78 is 32.5. The van der Waals surface area contributed by atoms with Crippen LogP contribution in [0.25, 0.3) is 6.08 Å². The number of halogens is 1. The van der Waals surface area contributed by atoms with Gasteiger partial charge in [-0.15, -0.1) is 0 Å². The maximum atomic E-state index is 14.3. The fraction of sp³-hybridized carbons (Fsp3) is 0.607. The summed E-state index contributed by atoms with van der Waals surface area (Å²) >= 11 is 1.20. The summed E-state index contributed by atoms with van der Waals surface area (Å²) in [5.41, 5.74) is 0.311. The highest BCUT2D eigenvalue weighted by atomic mass is 32.2. The van der Waals surface area contributed by atoms with Crippen molar-refractivity contribution in [2.24, 2.45) is 4.99 Å². The zero-order chi connectivity index (χ0) is 28.3. The number of ether oxygens (including phenoxy) is 1. The summed E-state index contributed by atoms with van der Waals surface area (Å²) in [6.07, 6.45) is 9.04. The molecule has 0 unspecified atom stereocenters. The quantitative estimate of drug-likeness (QED) is 0.344. The normalized spacial score (nSPS) is 23.1. The van der Waals surface area contributed by atoms with Crippen molar-refractivity contribution in [3.05, 3.63) is 34.5 Å². The second-order valence-corrected chi connectivity index (χ2v) is 15.9. The highest BCUT2D eigenvalue weighted by Gasteiger charge is 2.33. The minimum atomic E-state index is -2.32. The van der Waals surface area contributed by atoms with Gasteiger partial charge in [0, 0.05) is 37.8 Å². The molecule has 218 valence electrons. The molecule has 3 fully saturated rings. The number of thioether (sulfide) groups is 1. The van der Waals surface area contributed by atoms with Gasteiger partial charge in [-0.1, -0.05) is 6.42 Å². The Labute approximate surface area is 240 Å². The molecule has 0 atom stereocenters. The second kappa shape index (κ2) is 12.8. The van der Waals surface area contributed by atoms with Crippen LogP contribution in [0.15, 0.2) is 28.1 Å². The SMILES string of the molecule is CP(C)(=O)CN1CCCCN1C1=NC(=O)/C(=C/c2cc(F)ccc2OC(=O)N2CCC(N3CCCCC3)CC2)S1. The van der Waals surface area contributed by atoms with E-state index in [1.165, 1.54) is 55.3 Å². The molecule has 4 heterocycles. The van der Waals surface area contributed by atoms with Crippen LogP contribution < -0.4 is 4.74 Å². The van der Waals surface area contributed by atoms with Crippen LogP contribution in [0.1, 0.15) is 50.5 Å². The number of hydrogen-bond acceptors (Lipinski definition) is 8. The summed E-state index contributed by atoms with van der Waals surface area (Å²) in [5.74, 6) is -0.714. The molecule has 40 heavy (non-hydrogen) atoms. The van der Waals surface area contributed by atoms with Gasteiger partial charge in [0.05, 0.1) is 18.3 Å². The van der Waals surface area contributed by atoms with Crippen molar-refractivity contribution in [1.82, 2.24) is 19.8 Å². The van der Waals surface area contributed by atoms with Crippen LogP contribution >= 0.6 is 18.9 Å². The van der Waals surface area contributed by atoms with E-state index in [1.807, 2.05) is 10.0 Å². The first-order valence-electron chi connectivity index (χ1n) is 14.3. The van der Waals surface area contributed by atoms with Crippen LogP contribution in [0.2, 0.25) is 0 Å². The smallest absolute Gasteiger partial charge is 0.410 e. The molecule has 1 aromatic rings. The topological polar surface area (TPSA) is 85.8 Å². The molecule has 0 N–H and O–H groups in total. The van der Waals surface area contributed by atoms with Gasteiger partial charge in [-0.05, 0) is 101 Å². The third-order valence-corrected chi connectivity index (χ3v) is 9.80. The Balaban J connectivity index is 1.25. The predicted molar refractivity (Wildman–Crippen MR) is 157 cm³/mol. The Kier molecular flexibility index (Phi) is 9.35. The average molecular weight is 592 g/mol. The van der Waals surface area contributed by atoms with Crippen LogP contribution in [0, 0.1) is 5.82 Å². The minimum absolute atomic E-state index is 0.205. The zero-order valence-corrected chi connectivity index (χ0v) is 25.1. The van der Waals surface area contributed by atoms with Crippen molar-refractivity contribution >= 4 is 42.1 Å². The molecule has 5 rings (SSSR count). The molecular weight excluding hydrogens is 552 g/mol. The molecule has 3 saturated heterocycles. The van der Waals surface area contributed by atoms with Gasteiger partial charge < -0.3 is 19.1 Å². The summed E-state index contributed by atoms with van der Waals surface area (Å²) in [4.78, 5) is 34.7. The fourth-order valence-corrected chi connectivity index (χ4v) is 7.84. The van der Waals surface area contributed by atoms with E-state index in [0.29, 0.717) is 47.6 Å². The summed E-state index contributed by atoms with van der Waals surface area (Å²) in [5, 5.41) is 4.47. The lowest BCUT2D eigenvalue weighted by molar-refractivity contribution is -0.113. The number of amidine groups is 1. The van der Waals surface area contributed by atoms with E-state index in [0.717, 1.165) is 45.3 Å². The molecule has 12 heteroatoms. The number of likely N-dealkylation sites (tertiary alicyclic amines) is 2. The second-order valence-electron chi connectivity index (χ2n) is 11.5. The highest BCUT2D eigenvalue weighted by molar-refractivity contribution is 8.18. The third-order valence-electron chi connectivity index (χ3n) is 7.80. The van der Waals surface area contributed by atoms with Crippen LogP contribution in [0.4, 0.5) is 9.18 Å². The van der Waals surface area contributed by atoms with Crippen molar-refractivity contribution in [3.63, 3.8) is 0 Å². The van der Waals surface area contributed by atoms with E-state index in [9.17, 15) is 18.5 Å². The number of rotatable bonds is 5. The maximum absolute atomic E-state index is 14.3. The Bertz CT molecular complexity index is 1220. The molecule has 9 nitrogen and oxygen atoms in total.